The number of likely N-dealkylation sites (tertiary alicyclic amines) is 1. The zero-order valence-corrected chi connectivity index (χ0v) is 10.5. The van der Waals surface area contributed by atoms with Crippen molar-refractivity contribution < 1.29 is 4.79 Å². The minimum absolute atomic E-state index is 0.00535. The predicted octanol–water partition coefficient (Wildman–Crippen LogP) is 3.75. The SMILES string of the molecule is O=C(Nc1ccc(Cl)cc1)N1CCCCCC1. The first kappa shape index (κ1) is 12.2. The van der Waals surface area contributed by atoms with E-state index in [-0.39, 0.29) is 6.03 Å². The molecule has 3 nitrogen and oxygen atoms in total. The van der Waals surface area contributed by atoms with Crippen molar-refractivity contribution in [1.82, 2.24) is 4.90 Å². The van der Waals surface area contributed by atoms with Crippen LogP contribution in [0.25, 0.3) is 0 Å². The van der Waals surface area contributed by atoms with Crippen LogP contribution in [-0.4, -0.2) is 24.0 Å². The van der Waals surface area contributed by atoms with Crippen LogP contribution in [0.5, 0.6) is 0 Å². The van der Waals surface area contributed by atoms with E-state index in [1.54, 1.807) is 12.1 Å². The van der Waals surface area contributed by atoms with Crippen LogP contribution in [0, 0.1) is 0 Å². The minimum Gasteiger partial charge on any atom is -0.325 e. The number of urea groups is 1. The van der Waals surface area contributed by atoms with Gasteiger partial charge in [0.05, 0.1) is 0 Å². The Balaban J connectivity index is 1.93. The molecule has 0 aromatic heterocycles. The number of anilines is 1. The summed E-state index contributed by atoms with van der Waals surface area (Å²) in [5.41, 5.74) is 0.795. The van der Waals surface area contributed by atoms with Gasteiger partial charge in [-0.1, -0.05) is 24.4 Å². The Morgan fingerprint density at radius 2 is 1.65 bits per heavy atom. The smallest absolute Gasteiger partial charge is 0.321 e. The largest absolute Gasteiger partial charge is 0.325 e. The number of halogens is 1. The fraction of sp³-hybridized carbons (Fsp3) is 0.462. The first-order valence-electron chi connectivity index (χ1n) is 6.07. The highest BCUT2D eigenvalue weighted by Crippen LogP contribution is 2.15. The van der Waals surface area contributed by atoms with E-state index in [2.05, 4.69) is 5.32 Å². The molecule has 0 atom stereocenters. The lowest BCUT2D eigenvalue weighted by Crippen LogP contribution is -2.35. The van der Waals surface area contributed by atoms with Gasteiger partial charge in [0.1, 0.15) is 0 Å². The summed E-state index contributed by atoms with van der Waals surface area (Å²) in [6.45, 7) is 1.72. The molecule has 0 aliphatic carbocycles. The summed E-state index contributed by atoms with van der Waals surface area (Å²) < 4.78 is 0. The topological polar surface area (TPSA) is 32.3 Å². The van der Waals surface area contributed by atoms with Gasteiger partial charge in [0.25, 0.3) is 0 Å². The van der Waals surface area contributed by atoms with Gasteiger partial charge in [-0.05, 0) is 37.1 Å². The highest BCUT2D eigenvalue weighted by molar-refractivity contribution is 6.30. The highest BCUT2D eigenvalue weighted by atomic mass is 35.5. The molecule has 1 aliphatic rings. The maximum Gasteiger partial charge on any atom is 0.321 e. The molecular formula is C13H17ClN2O. The fourth-order valence-corrected chi connectivity index (χ4v) is 2.14. The van der Waals surface area contributed by atoms with Gasteiger partial charge in [0.2, 0.25) is 0 Å². The molecule has 1 fully saturated rings. The van der Waals surface area contributed by atoms with Crippen LogP contribution in [0.1, 0.15) is 25.7 Å². The second-order valence-corrected chi connectivity index (χ2v) is 4.77. The van der Waals surface area contributed by atoms with Gasteiger partial charge in [-0.2, -0.15) is 0 Å². The molecule has 0 unspecified atom stereocenters. The Labute approximate surface area is 107 Å². The first-order valence-corrected chi connectivity index (χ1v) is 6.45. The molecule has 1 saturated heterocycles. The maximum atomic E-state index is 12.0. The molecule has 1 aromatic rings. The molecule has 2 amide bonds. The average molecular weight is 253 g/mol. The Bertz CT molecular complexity index is 370. The molecule has 1 heterocycles. The minimum atomic E-state index is -0.00535. The summed E-state index contributed by atoms with van der Waals surface area (Å²) in [7, 11) is 0. The molecule has 17 heavy (non-hydrogen) atoms. The summed E-state index contributed by atoms with van der Waals surface area (Å²) in [6.07, 6.45) is 4.66. The van der Waals surface area contributed by atoms with Crippen LogP contribution in [0.4, 0.5) is 10.5 Å². The van der Waals surface area contributed by atoms with Gasteiger partial charge >= 0.3 is 6.03 Å². The van der Waals surface area contributed by atoms with E-state index in [0.717, 1.165) is 31.6 Å². The molecular weight excluding hydrogens is 236 g/mol. The van der Waals surface area contributed by atoms with E-state index >= 15 is 0 Å². The standard InChI is InChI=1S/C13H17ClN2O/c14-11-5-7-12(8-6-11)15-13(17)16-9-3-1-2-4-10-16/h5-8H,1-4,9-10H2,(H,15,17). The Hall–Kier alpha value is -1.22. The third-order valence-corrected chi connectivity index (χ3v) is 3.24. The maximum absolute atomic E-state index is 12.0. The van der Waals surface area contributed by atoms with Gasteiger partial charge in [-0.15, -0.1) is 0 Å². The highest BCUT2D eigenvalue weighted by Gasteiger charge is 2.15. The lowest BCUT2D eigenvalue weighted by Gasteiger charge is -2.20. The Morgan fingerprint density at radius 3 is 2.24 bits per heavy atom. The third-order valence-electron chi connectivity index (χ3n) is 2.99. The molecule has 0 spiro atoms. The molecule has 0 bridgehead atoms. The summed E-state index contributed by atoms with van der Waals surface area (Å²) in [6, 6.07) is 7.18. The molecule has 1 aliphatic heterocycles. The van der Waals surface area contributed by atoms with Crippen LogP contribution < -0.4 is 5.32 Å². The van der Waals surface area contributed by atoms with Crippen LogP contribution in [0.15, 0.2) is 24.3 Å². The summed E-state index contributed by atoms with van der Waals surface area (Å²) in [5.74, 6) is 0. The molecule has 4 heteroatoms. The van der Waals surface area contributed by atoms with Gasteiger partial charge < -0.3 is 10.2 Å². The van der Waals surface area contributed by atoms with Crippen molar-refractivity contribution >= 4 is 23.3 Å². The second-order valence-electron chi connectivity index (χ2n) is 4.34. The van der Waals surface area contributed by atoms with Crippen molar-refractivity contribution in [2.75, 3.05) is 18.4 Å². The molecule has 0 radical (unpaired) electrons. The molecule has 2 rings (SSSR count). The molecule has 92 valence electrons. The van der Waals surface area contributed by atoms with Crippen LogP contribution in [-0.2, 0) is 0 Å². The number of hydrogen-bond acceptors (Lipinski definition) is 1. The second kappa shape index (κ2) is 5.92. The van der Waals surface area contributed by atoms with Crippen molar-refractivity contribution in [3.63, 3.8) is 0 Å². The number of nitrogens with zero attached hydrogens (tertiary/aromatic N) is 1. The molecule has 1 aromatic carbocycles. The van der Waals surface area contributed by atoms with E-state index < -0.39 is 0 Å². The zero-order chi connectivity index (χ0) is 12.1. The number of nitrogens with one attached hydrogen (secondary N) is 1. The number of rotatable bonds is 1. The van der Waals surface area contributed by atoms with E-state index in [9.17, 15) is 4.79 Å². The number of benzene rings is 1. The first-order chi connectivity index (χ1) is 8.25. The lowest BCUT2D eigenvalue weighted by atomic mass is 10.2. The van der Waals surface area contributed by atoms with Gasteiger partial charge in [-0.25, -0.2) is 4.79 Å². The third kappa shape index (κ3) is 3.63. The molecule has 0 saturated carbocycles. The zero-order valence-electron chi connectivity index (χ0n) is 9.79. The van der Waals surface area contributed by atoms with Crippen molar-refractivity contribution in [3.05, 3.63) is 29.3 Å². The summed E-state index contributed by atoms with van der Waals surface area (Å²) in [4.78, 5) is 13.9. The fourth-order valence-electron chi connectivity index (χ4n) is 2.01. The Kier molecular flexibility index (Phi) is 4.26. The van der Waals surface area contributed by atoms with Crippen molar-refractivity contribution in [2.24, 2.45) is 0 Å². The van der Waals surface area contributed by atoms with Crippen LogP contribution >= 0.6 is 11.6 Å². The van der Waals surface area contributed by atoms with Crippen molar-refractivity contribution in [2.45, 2.75) is 25.7 Å². The molecule has 1 N–H and O–H groups in total. The number of hydrogen-bond donors (Lipinski definition) is 1. The number of amides is 2. The number of carbonyl (C=O) groups excluding carboxylic acids is 1. The lowest BCUT2D eigenvalue weighted by molar-refractivity contribution is 0.214. The van der Waals surface area contributed by atoms with Crippen LogP contribution in [0.3, 0.4) is 0 Å². The van der Waals surface area contributed by atoms with Crippen LogP contribution in [0.2, 0.25) is 5.02 Å². The monoisotopic (exact) mass is 252 g/mol. The summed E-state index contributed by atoms with van der Waals surface area (Å²) in [5, 5.41) is 3.57. The van der Waals surface area contributed by atoms with E-state index in [1.165, 1.54) is 12.8 Å². The Morgan fingerprint density at radius 1 is 1.06 bits per heavy atom. The summed E-state index contributed by atoms with van der Waals surface area (Å²) >= 11 is 5.80. The average Bonchev–Trinajstić information content (AvgIpc) is 2.61. The van der Waals surface area contributed by atoms with E-state index in [4.69, 9.17) is 11.6 Å². The quantitative estimate of drug-likeness (QED) is 0.811. The predicted molar refractivity (Wildman–Crippen MR) is 70.5 cm³/mol. The van der Waals surface area contributed by atoms with Crippen molar-refractivity contribution in [1.29, 1.82) is 0 Å². The van der Waals surface area contributed by atoms with Crippen molar-refractivity contribution in [3.8, 4) is 0 Å². The normalized spacial score (nSPS) is 16.4. The van der Waals surface area contributed by atoms with E-state index in [1.807, 2.05) is 17.0 Å². The van der Waals surface area contributed by atoms with Gasteiger partial charge in [0, 0.05) is 23.8 Å². The number of carbonyl (C=O) groups is 1. The van der Waals surface area contributed by atoms with E-state index in [0.29, 0.717) is 5.02 Å². The van der Waals surface area contributed by atoms with Gasteiger partial charge in [-0.3, -0.25) is 0 Å². The van der Waals surface area contributed by atoms with Gasteiger partial charge in [0.15, 0.2) is 0 Å².